The summed E-state index contributed by atoms with van der Waals surface area (Å²) < 4.78 is 5.53. The highest BCUT2D eigenvalue weighted by molar-refractivity contribution is 7.80. The van der Waals surface area contributed by atoms with Gasteiger partial charge in [-0.15, -0.1) is 0 Å². The first-order valence-corrected chi connectivity index (χ1v) is 11.9. The van der Waals surface area contributed by atoms with Crippen molar-refractivity contribution in [1.29, 1.82) is 0 Å². The number of hydrogen-bond donors (Lipinski definition) is 2. The lowest BCUT2D eigenvalue weighted by Crippen LogP contribution is -2.40. The van der Waals surface area contributed by atoms with Crippen molar-refractivity contribution in [2.45, 2.75) is 33.7 Å². The topological polar surface area (TPSA) is 65.6 Å². The third kappa shape index (κ3) is 6.07. The number of nitrogens with zero attached hydrogens (tertiary/aromatic N) is 4. The molecule has 1 aromatic heterocycles. The van der Waals surface area contributed by atoms with Crippen molar-refractivity contribution in [1.82, 2.24) is 15.3 Å². The second-order valence-corrected chi connectivity index (χ2v) is 9.56. The predicted molar refractivity (Wildman–Crippen MR) is 134 cm³/mol. The molecule has 2 atom stereocenters. The lowest BCUT2D eigenvalue weighted by Gasteiger charge is -2.36. The van der Waals surface area contributed by atoms with Gasteiger partial charge in [-0.1, -0.05) is 43.7 Å². The molecule has 3 heterocycles. The van der Waals surface area contributed by atoms with Crippen LogP contribution < -0.4 is 20.4 Å². The molecule has 0 bridgehead atoms. The quantitative estimate of drug-likeness (QED) is 0.665. The van der Waals surface area contributed by atoms with Gasteiger partial charge in [-0.2, -0.15) is 9.97 Å². The highest BCUT2D eigenvalue weighted by atomic mass is 32.1. The van der Waals surface area contributed by atoms with Gasteiger partial charge in [0.1, 0.15) is 11.6 Å². The van der Waals surface area contributed by atoms with Gasteiger partial charge in [0.25, 0.3) is 0 Å². The number of ether oxygens (including phenoxy) is 1. The van der Waals surface area contributed by atoms with Crippen LogP contribution in [-0.2, 0) is 11.3 Å². The van der Waals surface area contributed by atoms with Crippen LogP contribution in [0.2, 0.25) is 0 Å². The van der Waals surface area contributed by atoms with E-state index >= 15 is 0 Å². The molecule has 172 valence electrons. The maximum Gasteiger partial charge on any atom is 0.232 e. The fourth-order valence-corrected chi connectivity index (χ4v) is 4.64. The van der Waals surface area contributed by atoms with Gasteiger partial charge in [-0.25, -0.2) is 0 Å². The molecule has 2 aromatic rings. The molecule has 8 heteroatoms. The molecule has 2 aliphatic rings. The Bertz CT molecular complexity index is 905. The first kappa shape index (κ1) is 22.7. The van der Waals surface area contributed by atoms with Crippen molar-refractivity contribution in [2.24, 2.45) is 11.8 Å². The largest absolute Gasteiger partial charge is 0.378 e. The number of benzene rings is 1. The Balaban J connectivity index is 1.50. The molecule has 2 N–H and O–H groups in total. The maximum atomic E-state index is 5.55. The van der Waals surface area contributed by atoms with Crippen LogP contribution in [0.3, 0.4) is 0 Å². The molecule has 7 nitrogen and oxygen atoms in total. The van der Waals surface area contributed by atoms with E-state index in [1.54, 1.807) is 0 Å². The fraction of sp³-hybridized carbons (Fsp3) is 0.542. The minimum atomic E-state index is 0.524. The summed E-state index contributed by atoms with van der Waals surface area (Å²) in [7, 11) is 0. The number of anilines is 3. The average molecular weight is 455 g/mol. The highest BCUT2D eigenvalue weighted by Gasteiger charge is 2.25. The highest BCUT2D eigenvalue weighted by Crippen LogP contribution is 2.28. The molecule has 0 spiro atoms. The Morgan fingerprint density at radius 1 is 1.03 bits per heavy atom. The zero-order valence-electron chi connectivity index (χ0n) is 19.3. The summed E-state index contributed by atoms with van der Waals surface area (Å²) in [6.45, 7) is 12.5. The molecule has 2 fully saturated rings. The van der Waals surface area contributed by atoms with E-state index in [1.165, 1.54) is 17.5 Å². The number of aromatic nitrogens is 2. The van der Waals surface area contributed by atoms with E-state index in [0.29, 0.717) is 29.4 Å². The SMILES string of the molecule is Cc1ccc(CNC(=S)Nc2nc(N3CCOCC3)cc(N3C[C@H](C)C[C@H](C)C3)n2)cc1. The van der Waals surface area contributed by atoms with E-state index < -0.39 is 0 Å². The first-order valence-electron chi connectivity index (χ1n) is 11.5. The monoisotopic (exact) mass is 454 g/mol. The molecule has 4 rings (SSSR count). The minimum Gasteiger partial charge on any atom is -0.378 e. The van der Waals surface area contributed by atoms with Crippen LogP contribution in [0.4, 0.5) is 17.6 Å². The van der Waals surface area contributed by atoms with Crippen LogP contribution in [-0.4, -0.2) is 54.5 Å². The third-order valence-corrected chi connectivity index (χ3v) is 6.27. The summed E-state index contributed by atoms with van der Waals surface area (Å²) in [6, 6.07) is 10.5. The number of rotatable bonds is 5. The van der Waals surface area contributed by atoms with E-state index in [2.05, 4.69) is 71.5 Å². The van der Waals surface area contributed by atoms with Gasteiger partial charge < -0.3 is 25.2 Å². The van der Waals surface area contributed by atoms with Crippen molar-refractivity contribution in [2.75, 3.05) is 54.5 Å². The molecule has 2 aliphatic heterocycles. The summed E-state index contributed by atoms with van der Waals surface area (Å²) in [5.41, 5.74) is 2.43. The molecule has 0 amide bonds. The summed E-state index contributed by atoms with van der Waals surface area (Å²) in [5.74, 6) is 3.72. The van der Waals surface area contributed by atoms with Crippen LogP contribution in [0, 0.1) is 18.8 Å². The number of nitrogens with one attached hydrogen (secondary N) is 2. The fourth-order valence-electron chi connectivity index (χ4n) is 4.48. The van der Waals surface area contributed by atoms with Crippen LogP contribution in [0.25, 0.3) is 0 Å². The number of thiocarbonyl (C=S) groups is 1. The van der Waals surface area contributed by atoms with Gasteiger partial charge >= 0.3 is 0 Å². The Morgan fingerprint density at radius 3 is 2.31 bits per heavy atom. The molecule has 0 radical (unpaired) electrons. The number of aryl methyl sites for hydroxylation is 1. The molecular formula is C24H34N6OS. The van der Waals surface area contributed by atoms with Gasteiger partial charge in [0.15, 0.2) is 5.11 Å². The summed E-state index contributed by atoms with van der Waals surface area (Å²) >= 11 is 5.55. The number of hydrogen-bond acceptors (Lipinski definition) is 6. The van der Waals surface area contributed by atoms with E-state index in [-0.39, 0.29) is 0 Å². The van der Waals surface area contributed by atoms with E-state index in [4.69, 9.17) is 26.9 Å². The van der Waals surface area contributed by atoms with Crippen molar-refractivity contribution in [3.63, 3.8) is 0 Å². The zero-order valence-corrected chi connectivity index (χ0v) is 20.1. The van der Waals surface area contributed by atoms with Crippen LogP contribution >= 0.6 is 12.2 Å². The summed E-state index contributed by atoms with van der Waals surface area (Å²) in [6.07, 6.45) is 1.26. The molecule has 32 heavy (non-hydrogen) atoms. The van der Waals surface area contributed by atoms with Gasteiger partial charge in [-0.3, -0.25) is 0 Å². The van der Waals surface area contributed by atoms with E-state index in [9.17, 15) is 0 Å². The van der Waals surface area contributed by atoms with Crippen LogP contribution in [0.5, 0.6) is 0 Å². The normalized spacial score (nSPS) is 21.3. The average Bonchev–Trinajstić information content (AvgIpc) is 2.78. The Labute approximate surface area is 196 Å². The predicted octanol–water partition coefficient (Wildman–Crippen LogP) is 3.59. The third-order valence-electron chi connectivity index (χ3n) is 6.03. The lowest BCUT2D eigenvalue weighted by atomic mass is 9.92. The molecule has 1 aromatic carbocycles. The Kier molecular flexibility index (Phi) is 7.42. The summed E-state index contributed by atoms with van der Waals surface area (Å²) in [5, 5.41) is 7.01. The number of piperidine rings is 1. The molecule has 0 unspecified atom stereocenters. The lowest BCUT2D eigenvalue weighted by molar-refractivity contribution is 0.122. The van der Waals surface area contributed by atoms with Crippen LogP contribution in [0.1, 0.15) is 31.4 Å². The van der Waals surface area contributed by atoms with Crippen molar-refractivity contribution in [3.8, 4) is 0 Å². The number of morpholine rings is 1. The molecule has 2 saturated heterocycles. The van der Waals surface area contributed by atoms with Gasteiger partial charge in [0.05, 0.1) is 13.2 Å². The van der Waals surface area contributed by atoms with Crippen molar-refractivity contribution < 1.29 is 4.74 Å². The molecule has 0 saturated carbocycles. The Hall–Kier alpha value is -2.45. The molecular weight excluding hydrogens is 420 g/mol. The first-order chi connectivity index (χ1) is 15.5. The molecule has 0 aliphatic carbocycles. The summed E-state index contributed by atoms with van der Waals surface area (Å²) in [4.78, 5) is 14.3. The smallest absolute Gasteiger partial charge is 0.232 e. The standard InChI is InChI=1S/C24H34N6OS/c1-17-4-6-20(7-5-17)14-25-24(32)28-23-26-21(29-8-10-31-11-9-29)13-22(27-23)30-15-18(2)12-19(3)16-30/h4-7,13,18-19H,8-12,14-16H2,1-3H3,(H2,25,26,27,28,32)/t18-,19+. The van der Waals surface area contributed by atoms with Crippen molar-refractivity contribution in [3.05, 3.63) is 41.5 Å². The maximum absolute atomic E-state index is 5.55. The van der Waals surface area contributed by atoms with Crippen molar-refractivity contribution >= 4 is 34.9 Å². The van der Waals surface area contributed by atoms with E-state index in [0.717, 1.165) is 51.0 Å². The Morgan fingerprint density at radius 2 is 1.66 bits per heavy atom. The zero-order chi connectivity index (χ0) is 22.5. The van der Waals surface area contributed by atoms with Crippen LogP contribution in [0.15, 0.2) is 30.3 Å². The van der Waals surface area contributed by atoms with Gasteiger partial charge in [0, 0.05) is 38.8 Å². The minimum absolute atomic E-state index is 0.524. The van der Waals surface area contributed by atoms with E-state index in [1.807, 2.05) is 0 Å². The van der Waals surface area contributed by atoms with Gasteiger partial charge in [-0.05, 0) is 43.0 Å². The second-order valence-electron chi connectivity index (χ2n) is 9.15. The van der Waals surface area contributed by atoms with Gasteiger partial charge in [0.2, 0.25) is 5.95 Å². The second kappa shape index (κ2) is 10.4.